The lowest BCUT2D eigenvalue weighted by Gasteiger charge is -2.13. The summed E-state index contributed by atoms with van der Waals surface area (Å²) in [6.07, 6.45) is 0. The number of nitrogens with zero attached hydrogens (tertiary/aromatic N) is 1. The Morgan fingerprint density at radius 1 is 1.00 bits per heavy atom. The summed E-state index contributed by atoms with van der Waals surface area (Å²) < 4.78 is 1.35. The zero-order valence-electron chi connectivity index (χ0n) is 11.8. The molecule has 20 heavy (non-hydrogen) atoms. The van der Waals surface area contributed by atoms with Crippen molar-refractivity contribution in [3.63, 3.8) is 0 Å². The van der Waals surface area contributed by atoms with Gasteiger partial charge in [0.15, 0.2) is 0 Å². The first-order valence-electron chi connectivity index (χ1n) is 6.70. The van der Waals surface area contributed by atoms with Gasteiger partial charge in [-0.05, 0) is 46.7 Å². The first-order valence-corrected chi connectivity index (χ1v) is 7.58. The molecule has 3 heteroatoms. The lowest BCUT2D eigenvalue weighted by Crippen LogP contribution is -2.08. The van der Waals surface area contributed by atoms with Gasteiger partial charge in [-0.3, -0.25) is 0 Å². The van der Waals surface area contributed by atoms with Crippen molar-refractivity contribution in [3.8, 4) is 0 Å². The zero-order chi connectivity index (χ0) is 13.9. The summed E-state index contributed by atoms with van der Waals surface area (Å²) >= 11 is 1.81. The Kier molecular flexibility index (Phi) is 3.61. The van der Waals surface area contributed by atoms with Gasteiger partial charge in [0.25, 0.3) is 0 Å². The number of benzene rings is 2. The zero-order valence-corrected chi connectivity index (χ0v) is 12.6. The Balaban J connectivity index is 1.73. The SMILES string of the molecule is CN(C)c1ccc(NCc2csc3ccccc23)cc1. The molecule has 3 rings (SSSR count). The van der Waals surface area contributed by atoms with Crippen LogP contribution in [0.4, 0.5) is 11.4 Å². The Morgan fingerprint density at radius 2 is 1.75 bits per heavy atom. The molecule has 1 N–H and O–H groups in total. The molecule has 0 spiro atoms. The van der Waals surface area contributed by atoms with Gasteiger partial charge in [-0.25, -0.2) is 0 Å². The highest BCUT2D eigenvalue weighted by molar-refractivity contribution is 7.17. The van der Waals surface area contributed by atoms with Gasteiger partial charge >= 0.3 is 0 Å². The summed E-state index contributed by atoms with van der Waals surface area (Å²) in [5, 5.41) is 7.09. The molecule has 0 unspecified atom stereocenters. The van der Waals surface area contributed by atoms with Crippen molar-refractivity contribution in [2.45, 2.75) is 6.54 Å². The molecule has 2 nitrogen and oxygen atoms in total. The average Bonchev–Trinajstić information content (AvgIpc) is 2.89. The summed E-state index contributed by atoms with van der Waals surface area (Å²) in [4.78, 5) is 2.11. The normalized spacial score (nSPS) is 10.7. The van der Waals surface area contributed by atoms with Crippen LogP contribution in [-0.4, -0.2) is 14.1 Å². The van der Waals surface area contributed by atoms with Crippen molar-refractivity contribution in [3.05, 3.63) is 59.5 Å². The molecule has 0 radical (unpaired) electrons. The fraction of sp³-hybridized carbons (Fsp3) is 0.176. The van der Waals surface area contributed by atoms with E-state index in [4.69, 9.17) is 0 Å². The molecular weight excluding hydrogens is 264 g/mol. The average molecular weight is 282 g/mol. The lowest BCUT2D eigenvalue weighted by atomic mass is 10.2. The van der Waals surface area contributed by atoms with Crippen LogP contribution in [0.3, 0.4) is 0 Å². The molecule has 1 aromatic heterocycles. The van der Waals surface area contributed by atoms with Gasteiger partial charge < -0.3 is 10.2 Å². The van der Waals surface area contributed by atoms with Crippen LogP contribution in [0.2, 0.25) is 0 Å². The maximum Gasteiger partial charge on any atom is 0.0415 e. The van der Waals surface area contributed by atoms with Crippen molar-refractivity contribution in [2.24, 2.45) is 0 Å². The van der Waals surface area contributed by atoms with Crippen molar-refractivity contribution in [2.75, 3.05) is 24.3 Å². The topological polar surface area (TPSA) is 15.3 Å². The highest BCUT2D eigenvalue weighted by atomic mass is 32.1. The molecule has 0 amide bonds. The van der Waals surface area contributed by atoms with Gasteiger partial charge in [0.2, 0.25) is 0 Å². The van der Waals surface area contributed by atoms with E-state index in [2.05, 4.69) is 78.2 Å². The number of fused-ring (bicyclic) bond motifs is 1. The lowest BCUT2D eigenvalue weighted by molar-refractivity contribution is 1.13. The van der Waals surface area contributed by atoms with Crippen molar-refractivity contribution in [1.29, 1.82) is 0 Å². The Morgan fingerprint density at radius 3 is 2.50 bits per heavy atom. The predicted octanol–water partition coefficient (Wildman–Crippen LogP) is 4.58. The predicted molar refractivity (Wildman–Crippen MR) is 89.9 cm³/mol. The van der Waals surface area contributed by atoms with Crippen LogP contribution in [0.25, 0.3) is 10.1 Å². The molecule has 2 aromatic carbocycles. The minimum absolute atomic E-state index is 0.866. The fourth-order valence-corrected chi connectivity index (χ4v) is 3.21. The quantitative estimate of drug-likeness (QED) is 0.753. The van der Waals surface area contributed by atoms with Crippen LogP contribution in [0.1, 0.15) is 5.56 Å². The fourth-order valence-electron chi connectivity index (χ4n) is 2.24. The molecule has 0 aliphatic rings. The second kappa shape index (κ2) is 5.55. The molecule has 0 atom stereocenters. The van der Waals surface area contributed by atoms with Gasteiger partial charge in [0.1, 0.15) is 0 Å². The molecule has 3 aromatic rings. The van der Waals surface area contributed by atoms with Crippen LogP contribution < -0.4 is 10.2 Å². The smallest absolute Gasteiger partial charge is 0.0415 e. The first-order chi connectivity index (χ1) is 9.74. The van der Waals surface area contributed by atoms with E-state index in [0.29, 0.717) is 0 Å². The van der Waals surface area contributed by atoms with E-state index in [0.717, 1.165) is 12.2 Å². The van der Waals surface area contributed by atoms with Crippen molar-refractivity contribution < 1.29 is 0 Å². The Labute approximate surface area is 123 Å². The van der Waals surface area contributed by atoms with Crippen LogP contribution in [0, 0.1) is 0 Å². The van der Waals surface area contributed by atoms with Gasteiger partial charge in [-0.15, -0.1) is 11.3 Å². The number of nitrogens with one attached hydrogen (secondary N) is 1. The Hall–Kier alpha value is -2.00. The van der Waals surface area contributed by atoms with Crippen molar-refractivity contribution >= 4 is 32.8 Å². The van der Waals surface area contributed by atoms with Crippen molar-refractivity contribution in [1.82, 2.24) is 0 Å². The molecule has 0 bridgehead atoms. The molecule has 0 aliphatic heterocycles. The number of thiophene rings is 1. The van der Waals surface area contributed by atoms with Crippen LogP contribution in [0.5, 0.6) is 0 Å². The maximum atomic E-state index is 3.49. The largest absolute Gasteiger partial charge is 0.381 e. The van der Waals surface area contributed by atoms with Gasteiger partial charge in [0.05, 0.1) is 0 Å². The summed E-state index contributed by atoms with van der Waals surface area (Å²) in [6, 6.07) is 17.1. The minimum atomic E-state index is 0.866. The van der Waals surface area contributed by atoms with E-state index < -0.39 is 0 Å². The highest BCUT2D eigenvalue weighted by Gasteiger charge is 2.03. The third-order valence-electron chi connectivity index (χ3n) is 3.43. The minimum Gasteiger partial charge on any atom is -0.381 e. The number of hydrogen-bond acceptors (Lipinski definition) is 3. The molecule has 0 saturated heterocycles. The van der Waals surface area contributed by atoms with Crippen LogP contribution in [-0.2, 0) is 6.54 Å². The second-order valence-corrected chi connectivity index (χ2v) is 5.96. The Bertz CT molecular complexity index is 698. The highest BCUT2D eigenvalue weighted by Crippen LogP contribution is 2.26. The third-order valence-corrected chi connectivity index (χ3v) is 4.44. The molecule has 0 fully saturated rings. The third kappa shape index (κ3) is 2.63. The number of rotatable bonds is 4. The van der Waals surface area contributed by atoms with E-state index in [1.165, 1.54) is 21.3 Å². The van der Waals surface area contributed by atoms with E-state index in [1.807, 2.05) is 11.3 Å². The first kappa shape index (κ1) is 13.0. The molecule has 102 valence electrons. The second-order valence-electron chi connectivity index (χ2n) is 5.05. The summed E-state index contributed by atoms with van der Waals surface area (Å²) in [7, 11) is 4.11. The molecule has 0 aliphatic carbocycles. The monoisotopic (exact) mass is 282 g/mol. The molecule has 1 heterocycles. The van der Waals surface area contributed by atoms with E-state index in [1.54, 1.807) is 0 Å². The molecule has 0 saturated carbocycles. The number of anilines is 2. The molecular formula is C17H18N2S. The van der Waals surface area contributed by atoms with Gasteiger partial charge in [-0.1, -0.05) is 18.2 Å². The van der Waals surface area contributed by atoms with E-state index in [-0.39, 0.29) is 0 Å². The number of hydrogen-bond donors (Lipinski definition) is 1. The van der Waals surface area contributed by atoms with Crippen LogP contribution in [0.15, 0.2) is 53.9 Å². The van der Waals surface area contributed by atoms with Gasteiger partial charge in [-0.2, -0.15) is 0 Å². The van der Waals surface area contributed by atoms with Crippen LogP contribution >= 0.6 is 11.3 Å². The maximum absolute atomic E-state index is 3.49. The van der Waals surface area contributed by atoms with E-state index >= 15 is 0 Å². The van der Waals surface area contributed by atoms with E-state index in [9.17, 15) is 0 Å². The summed E-state index contributed by atoms with van der Waals surface area (Å²) in [5.41, 5.74) is 3.74. The summed E-state index contributed by atoms with van der Waals surface area (Å²) in [5.74, 6) is 0. The summed E-state index contributed by atoms with van der Waals surface area (Å²) in [6.45, 7) is 0.866. The standard InChI is InChI=1S/C17H18N2S/c1-19(2)15-9-7-14(8-10-15)18-11-13-12-20-17-6-4-3-5-16(13)17/h3-10,12,18H,11H2,1-2H3. The van der Waals surface area contributed by atoms with Gasteiger partial charge in [0, 0.05) is 36.7 Å².